The number of nitriles is 1. The Morgan fingerprint density at radius 3 is 2.37 bits per heavy atom. The Morgan fingerprint density at radius 2 is 1.81 bits per heavy atom. The fourth-order valence-corrected chi connectivity index (χ4v) is 4.01. The van der Waals surface area contributed by atoms with Gasteiger partial charge in [-0.3, -0.25) is 9.10 Å². The third kappa shape index (κ3) is 5.08. The van der Waals surface area contributed by atoms with Gasteiger partial charge in [0.25, 0.3) is 0 Å². The average Bonchev–Trinajstić information content (AvgIpc) is 2.59. The van der Waals surface area contributed by atoms with Crippen molar-refractivity contribution < 1.29 is 13.2 Å². The molecule has 0 saturated carbocycles. The second-order valence-corrected chi connectivity index (χ2v) is 8.41. The van der Waals surface area contributed by atoms with Crippen LogP contribution in [0.2, 0.25) is 0 Å². The summed E-state index contributed by atoms with van der Waals surface area (Å²) < 4.78 is 26.0. The fraction of sp³-hybridized carbons (Fsp3) is 0.300. The van der Waals surface area contributed by atoms with E-state index in [2.05, 4.69) is 11.4 Å². The third-order valence-corrected chi connectivity index (χ3v) is 5.42. The van der Waals surface area contributed by atoms with Crippen LogP contribution < -0.4 is 9.62 Å². The molecule has 2 aromatic rings. The van der Waals surface area contributed by atoms with Gasteiger partial charge in [0.1, 0.15) is 6.04 Å². The number of sulfonamides is 1. The molecular formula is C20H23N3O3S. The monoisotopic (exact) mass is 385 g/mol. The Hall–Kier alpha value is -2.85. The standard InChI is InChI=1S/C20H23N3O3S/c1-14-5-6-15(2)19(13-14)23(27(4,25)26)16(3)20(24)22-18-9-7-17(8-10-18)11-12-21/h5-10,13,16H,11H2,1-4H3,(H,22,24)/t16-/m1/s1. The van der Waals surface area contributed by atoms with Gasteiger partial charge in [0.15, 0.2) is 0 Å². The SMILES string of the molecule is Cc1ccc(C)c(N([C@H](C)C(=O)Nc2ccc(CC#N)cc2)S(C)(=O)=O)c1. The summed E-state index contributed by atoms with van der Waals surface area (Å²) in [5.74, 6) is -0.436. The number of aryl methyl sites for hydroxylation is 2. The zero-order valence-corrected chi connectivity index (χ0v) is 16.7. The number of hydrogen-bond acceptors (Lipinski definition) is 4. The number of nitrogens with zero attached hydrogens (tertiary/aromatic N) is 2. The molecule has 0 aromatic heterocycles. The van der Waals surface area contributed by atoms with Gasteiger partial charge in [-0.05, 0) is 55.7 Å². The summed E-state index contributed by atoms with van der Waals surface area (Å²) >= 11 is 0. The Morgan fingerprint density at radius 1 is 1.19 bits per heavy atom. The lowest BCUT2D eigenvalue weighted by Gasteiger charge is -2.29. The van der Waals surface area contributed by atoms with Crippen molar-refractivity contribution in [3.05, 3.63) is 59.2 Å². The van der Waals surface area contributed by atoms with Crippen LogP contribution in [0, 0.1) is 25.2 Å². The second-order valence-electron chi connectivity index (χ2n) is 6.55. The molecule has 0 bridgehead atoms. The predicted molar refractivity (Wildman–Crippen MR) is 107 cm³/mol. The summed E-state index contributed by atoms with van der Waals surface area (Å²) in [6.45, 7) is 5.24. The number of amides is 1. The first-order valence-corrected chi connectivity index (χ1v) is 10.3. The molecule has 0 unspecified atom stereocenters. The molecule has 0 fully saturated rings. The van der Waals surface area contributed by atoms with E-state index in [9.17, 15) is 13.2 Å². The summed E-state index contributed by atoms with van der Waals surface area (Å²) in [5.41, 5.74) is 3.56. The van der Waals surface area contributed by atoms with E-state index in [1.807, 2.05) is 26.0 Å². The van der Waals surface area contributed by atoms with E-state index in [1.54, 1.807) is 37.3 Å². The maximum atomic E-state index is 12.7. The number of carbonyl (C=O) groups excluding carboxylic acids is 1. The minimum absolute atomic E-state index is 0.291. The minimum Gasteiger partial charge on any atom is -0.324 e. The van der Waals surface area contributed by atoms with Gasteiger partial charge in [-0.25, -0.2) is 8.42 Å². The molecule has 1 atom stereocenters. The molecule has 2 aromatic carbocycles. The van der Waals surface area contributed by atoms with Crippen LogP contribution in [0.1, 0.15) is 23.6 Å². The maximum Gasteiger partial charge on any atom is 0.247 e. The molecule has 7 heteroatoms. The molecule has 27 heavy (non-hydrogen) atoms. The van der Waals surface area contributed by atoms with Crippen molar-refractivity contribution in [1.29, 1.82) is 5.26 Å². The zero-order chi connectivity index (χ0) is 20.2. The highest BCUT2D eigenvalue weighted by Gasteiger charge is 2.30. The maximum absolute atomic E-state index is 12.7. The van der Waals surface area contributed by atoms with Crippen LogP contribution in [-0.4, -0.2) is 26.6 Å². The summed E-state index contributed by atoms with van der Waals surface area (Å²) in [5, 5.41) is 11.5. The second kappa shape index (κ2) is 8.23. The lowest BCUT2D eigenvalue weighted by Crippen LogP contribution is -2.45. The van der Waals surface area contributed by atoms with Crippen molar-refractivity contribution in [2.24, 2.45) is 0 Å². The molecule has 0 saturated heterocycles. The van der Waals surface area contributed by atoms with Gasteiger partial charge in [-0.2, -0.15) is 5.26 Å². The van der Waals surface area contributed by atoms with E-state index < -0.39 is 22.0 Å². The van der Waals surface area contributed by atoms with Crippen molar-refractivity contribution >= 4 is 27.3 Å². The molecule has 2 rings (SSSR count). The van der Waals surface area contributed by atoms with Gasteiger partial charge in [0.2, 0.25) is 15.9 Å². The molecule has 6 nitrogen and oxygen atoms in total. The van der Waals surface area contributed by atoms with Gasteiger partial charge < -0.3 is 5.32 Å². The molecule has 142 valence electrons. The molecule has 0 radical (unpaired) electrons. The van der Waals surface area contributed by atoms with Crippen LogP contribution >= 0.6 is 0 Å². The summed E-state index contributed by atoms with van der Waals surface area (Å²) in [6, 6.07) is 13.5. The highest BCUT2D eigenvalue weighted by atomic mass is 32.2. The normalized spacial score (nSPS) is 12.1. The van der Waals surface area contributed by atoms with E-state index in [1.165, 1.54) is 0 Å². The van der Waals surface area contributed by atoms with E-state index in [4.69, 9.17) is 5.26 Å². The van der Waals surface area contributed by atoms with Crippen molar-refractivity contribution in [2.45, 2.75) is 33.2 Å². The number of rotatable bonds is 6. The van der Waals surface area contributed by atoms with Crippen molar-refractivity contribution in [3.8, 4) is 6.07 Å². The number of benzene rings is 2. The molecular weight excluding hydrogens is 362 g/mol. The van der Waals surface area contributed by atoms with Crippen LogP contribution in [0.25, 0.3) is 0 Å². The van der Waals surface area contributed by atoms with Crippen LogP contribution in [0.15, 0.2) is 42.5 Å². The van der Waals surface area contributed by atoms with E-state index >= 15 is 0 Å². The largest absolute Gasteiger partial charge is 0.324 e. The molecule has 1 N–H and O–H groups in total. The first-order chi connectivity index (χ1) is 12.6. The zero-order valence-electron chi connectivity index (χ0n) is 15.9. The van der Waals surface area contributed by atoms with Crippen LogP contribution in [-0.2, 0) is 21.2 Å². The van der Waals surface area contributed by atoms with E-state index in [0.29, 0.717) is 17.8 Å². The quantitative estimate of drug-likeness (QED) is 0.827. The molecule has 0 aliphatic rings. The number of carbonyl (C=O) groups is 1. The van der Waals surface area contributed by atoms with Crippen molar-refractivity contribution in [3.63, 3.8) is 0 Å². The molecule has 0 aliphatic heterocycles. The van der Waals surface area contributed by atoms with Gasteiger partial charge in [-0.15, -0.1) is 0 Å². The van der Waals surface area contributed by atoms with Gasteiger partial charge in [0, 0.05) is 5.69 Å². The first-order valence-electron chi connectivity index (χ1n) is 8.47. The highest BCUT2D eigenvalue weighted by molar-refractivity contribution is 7.92. The fourth-order valence-electron chi connectivity index (χ4n) is 2.78. The number of nitrogens with one attached hydrogen (secondary N) is 1. The third-order valence-electron chi connectivity index (χ3n) is 4.20. The molecule has 0 heterocycles. The van der Waals surface area contributed by atoms with Gasteiger partial charge in [-0.1, -0.05) is 24.3 Å². The minimum atomic E-state index is -3.67. The summed E-state index contributed by atoms with van der Waals surface area (Å²) in [6.07, 6.45) is 1.38. The van der Waals surface area contributed by atoms with E-state index in [0.717, 1.165) is 27.3 Å². The topological polar surface area (TPSA) is 90.3 Å². The number of hydrogen-bond donors (Lipinski definition) is 1. The van der Waals surface area contributed by atoms with Crippen molar-refractivity contribution in [1.82, 2.24) is 0 Å². The Bertz CT molecular complexity index is 977. The molecule has 1 amide bonds. The van der Waals surface area contributed by atoms with Gasteiger partial charge >= 0.3 is 0 Å². The van der Waals surface area contributed by atoms with Crippen LogP contribution in [0.3, 0.4) is 0 Å². The molecule has 0 aliphatic carbocycles. The number of anilines is 2. The lowest BCUT2D eigenvalue weighted by atomic mass is 10.1. The predicted octanol–water partition coefficient (Wildman–Crippen LogP) is 3.16. The van der Waals surface area contributed by atoms with Crippen LogP contribution in [0.5, 0.6) is 0 Å². The average molecular weight is 385 g/mol. The summed E-state index contributed by atoms with van der Waals surface area (Å²) in [4.78, 5) is 12.7. The first kappa shape index (κ1) is 20.5. The Labute approximate surface area is 160 Å². The van der Waals surface area contributed by atoms with Crippen molar-refractivity contribution in [2.75, 3.05) is 15.9 Å². The van der Waals surface area contributed by atoms with E-state index in [-0.39, 0.29) is 0 Å². The highest BCUT2D eigenvalue weighted by Crippen LogP contribution is 2.26. The smallest absolute Gasteiger partial charge is 0.247 e. The Kier molecular flexibility index (Phi) is 6.24. The van der Waals surface area contributed by atoms with Crippen LogP contribution in [0.4, 0.5) is 11.4 Å². The Balaban J connectivity index is 2.30. The lowest BCUT2D eigenvalue weighted by molar-refractivity contribution is -0.116. The summed E-state index contributed by atoms with van der Waals surface area (Å²) in [7, 11) is -3.67. The van der Waals surface area contributed by atoms with Gasteiger partial charge in [0.05, 0.1) is 24.4 Å². The molecule has 0 spiro atoms.